The summed E-state index contributed by atoms with van der Waals surface area (Å²) >= 11 is 0. The number of fused-ring (bicyclic) bond motifs is 2. The van der Waals surface area contributed by atoms with Crippen molar-refractivity contribution in [1.82, 2.24) is 4.90 Å². The van der Waals surface area contributed by atoms with E-state index in [1.165, 1.54) is 16.7 Å². The van der Waals surface area contributed by atoms with Gasteiger partial charge >= 0.3 is 0 Å². The molecule has 148 valence electrons. The highest BCUT2D eigenvalue weighted by atomic mass is 32.2. The lowest BCUT2D eigenvalue weighted by Crippen LogP contribution is -2.40. The zero-order valence-electron chi connectivity index (χ0n) is 16.4. The van der Waals surface area contributed by atoms with Crippen molar-refractivity contribution in [1.29, 1.82) is 0 Å². The Bertz CT molecular complexity index is 997. The summed E-state index contributed by atoms with van der Waals surface area (Å²) in [7, 11) is -3.45. The molecule has 2 aliphatic rings. The monoisotopic (exact) mass is 397 g/mol. The Morgan fingerprint density at radius 2 is 1.82 bits per heavy atom. The van der Waals surface area contributed by atoms with Crippen LogP contribution in [0.4, 0.5) is 0 Å². The molecule has 1 aliphatic carbocycles. The SMILES string of the molecule is CCC1c2ccccc2CCN1C(=O)CCS(=O)(=O)c1ccc2c(c1)CCC2. The molecular weight excluding hydrogens is 370 g/mol. The van der Waals surface area contributed by atoms with Gasteiger partial charge in [-0.2, -0.15) is 0 Å². The van der Waals surface area contributed by atoms with Crippen LogP contribution in [0.5, 0.6) is 0 Å². The number of nitrogens with zero attached hydrogens (tertiary/aromatic N) is 1. The first-order chi connectivity index (χ1) is 13.5. The average molecular weight is 398 g/mol. The molecule has 0 spiro atoms. The summed E-state index contributed by atoms with van der Waals surface area (Å²) in [4.78, 5) is 15.1. The Hall–Kier alpha value is -2.14. The van der Waals surface area contributed by atoms with Crippen LogP contribution in [0.2, 0.25) is 0 Å². The van der Waals surface area contributed by atoms with E-state index in [1.807, 2.05) is 29.2 Å². The lowest BCUT2D eigenvalue weighted by molar-refractivity contribution is -0.133. The minimum absolute atomic E-state index is 0.0398. The van der Waals surface area contributed by atoms with Crippen molar-refractivity contribution < 1.29 is 13.2 Å². The molecule has 1 amide bonds. The second kappa shape index (κ2) is 7.70. The smallest absolute Gasteiger partial charge is 0.224 e. The third kappa shape index (κ3) is 3.60. The van der Waals surface area contributed by atoms with Crippen molar-refractivity contribution >= 4 is 15.7 Å². The van der Waals surface area contributed by atoms with Gasteiger partial charge in [0.1, 0.15) is 0 Å². The number of rotatable bonds is 5. The predicted octanol–water partition coefficient (Wildman–Crippen LogP) is 3.88. The van der Waals surface area contributed by atoms with Gasteiger partial charge in [0.25, 0.3) is 0 Å². The molecule has 5 heteroatoms. The van der Waals surface area contributed by atoms with Gasteiger partial charge in [-0.3, -0.25) is 4.79 Å². The Labute approximate surface area is 167 Å². The van der Waals surface area contributed by atoms with Crippen LogP contribution in [-0.2, 0) is 33.9 Å². The summed E-state index contributed by atoms with van der Waals surface area (Å²) in [6.07, 6.45) is 4.77. The van der Waals surface area contributed by atoms with E-state index in [0.29, 0.717) is 11.4 Å². The van der Waals surface area contributed by atoms with Crippen LogP contribution in [0.25, 0.3) is 0 Å². The minimum atomic E-state index is -3.45. The van der Waals surface area contributed by atoms with Gasteiger partial charge in [-0.25, -0.2) is 8.42 Å². The lowest BCUT2D eigenvalue weighted by atomic mass is 9.91. The van der Waals surface area contributed by atoms with Gasteiger partial charge in [-0.1, -0.05) is 37.3 Å². The molecule has 1 unspecified atom stereocenters. The maximum absolute atomic E-state index is 12.9. The maximum atomic E-state index is 12.9. The fourth-order valence-corrected chi connectivity index (χ4v) is 5.89. The van der Waals surface area contributed by atoms with E-state index < -0.39 is 9.84 Å². The van der Waals surface area contributed by atoms with Crippen molar-refractivity contribution in [2.24, 2.45) is 0 Å². The van der Waals surface area contributed by atoms with Crippen LogP contribution in [0.1, 0.15) is 54.5 Å². The van der Waals surface area contributed by atoms with E-state index in [2.05, 4.69) is 19.1 Å². The Kier molecular flexibility index (Phi) is 5.28. The molecule has 0 saturated heterocycles. The Morgan fingerprint density at radius 3 is 2.64 bits per heavy atom. The minimum Gasteiger partial charge on any atom is -0.335 e. The van der Waals surface area contributed by atoms with Crippen molar-refractivity contribution in [3.8, 4) is 0 Å². The average Bonchev–Trinajstić information content (AvgIpc) is 3.19. The molecule has 28 heavy (non-hydrogen) atoms. The van der Waals surface area contributed by atoms with Gasteiger partial charge in [0, 0.05) is 13.0 Å². The number of hydrogen-bond acceptors (Lipinski definition) is 3. The van der Waals surface area contributed by atoms with Gasteiger partial charge in [-0.05, 0) is 66.5 Å². The van der Waals surface area contributed by atoms with Gasteiger partial charge in [-0.15, -0.1) is 0 Å². The molecule has 0 aromatic heterocycles. The van der Waals surface area contributed by atoms with E-state index in [9.17, 15) is 13.2 Å². The molecular formula is C23H27NO3S. The number of benzene rings is 2. The Balaban J connectivity index is 1.46. The molecule has 2 aromatic carbocycles. The van der Waals surface area contributed by atoms with E-state index in [-0.39, 0.29) is 24.1 Å². The highest BCUT2D eigenvalue weighted by Crippen LogP contribution is 2.32. The van der Waals surface area contributed by atoms with Gasteiger partial charge in [0.2, 0.25) is 5.91 Å². The molecule has 0 saturated carbocycles. The predicted molar refractivity (Wildman–Crippen MR) is 110 cm³/mol. The van der Waals surface area contributed by atoms with E-state index in [0.717, 1.165) is 37.7 Å². The maximum Gasteiger partial charge on any atom is 0.224 e. The first-order valence-corrected chi connectivity index (χ1v) is 11.9. The molecule has 2 aromatic rings. The van der Waals surface area contributed by atoms with Crippen LogP contribution >= 0.6 is 0 Å². The van der Waals surface area contributed by atoms with Crippen LogP contribution in [0.15, 0.2) is 47.4 Å². The molecule has 1 aliphatic heterocycles. The van der Waals surface area contributed by atoms with E-state index >= 15 is 0 Å². The molecule has 1 heterocycles. The highest BCUT2D eigenvalue weighted by molar-refractivity contribution is 7.91. The molecule has 4 rings (SSSR count). The number of hydrogen-bond donors (Lipinski definition) is 0. The molecule has 4 nitrogen and oxygen atoms in total. The summed E-state index contributed by atoms with van der Waals surface area (Å²) in [5.41, 5.74) is 4.90. The fraction of sp³-hybridized carbons (Fsp3) is 0.435. The van der Waals surface area contributed by atoms with Crippen LogP contribution in [-0.4, -0.2) is 31.5 Å². The number of carbonyl (C=O) groups excluding carboxylic acids is 1. The second-order valence-corrected chi connectivity index (χ2v) is 9.92. The number of aryl methyl sites for hydroxylation is 2. The van der Waals surface area contributed by atoms with Gasteiger partial charge in [0.15, 0.2) is 9.84 Å². The van der Waals surface area contributed by atoms with Crippen molar-refractivity contribution in [3.05, 3.63) is 64.7 Å². The normalized spacial score (nSPS) is 18.6. The number of sulfone groups is 1. The summed E-state index contributed by atoms with van der Waals surface area (Å²) < 4.78 is 25.6. The molecule has 1 atom stereocenters. The van der Waals surface area contributed by atoms with E-state index in [1.54, 1.807) is 6.07 Å². The zero-order chi connectivity index (χ0) is 19.7. The molecule has 0 radical (unpaired) electrons. The van der Waals surface area contributed by atoms with Gasteiger partial charge in [0.05, 0.1) is 16.7 Å². The third-order valence-corrected chi connectivity index (χ3v) is 7.85. The number of amides is 1. The summed E-state index contributed by atoms with van der Waals surface area (Å²) in [5, 5.41) is 0. The largest absolute Gasteiger partial charge is 0.335 e. The molecule has 0 bridgehead atoms. The fourth-order valence-electron chi connectivity index (χ4n) is 4.62. The first kappa shape index (κ1) is 19.2. The van der Waals surface area contributed by atoms with Gasteiger partial charge < -0.3 is 4.90 Å². The zero-order valence-corrected chi connectivity index (χ0v) is 17.2. The summed E-state index contributed by atoms with van der Waals surface area (Å²) in [6.45, 7) is 2.74. The number of carbonyl (C=O) groups is 1. The van der Waals surface area contributed by atoms with Crippen LogP contribution in [0, 0.1) is 0 Å². The second-order valence-electron chi connectivity index (χ2n) is 7.81. The van der Waals surface area contributed by atoms with Crippen LogP contribution < -0.4 is 0 Å². The van der Waals surface area contributed by atoms with Crippen molar-refractivity contribution in [3.63, 3.8) is 0 Å². The topological polar surface area (TPSA) is 54.5 Å². The van der Waals surface area contributed by atoms with Crippen LogP contribution in [0.3, 0.4) is 0 Å². The Morgan fingerprint density at radius 1 is 1.04 bits per heavy atom. The summed E-state index contributed by atoms with van der Waals surface area (Å²) in [5.74, 6) is -0.190. The standard InChI is InChI=1S/C23H27NO3S/c1-2-22-21-9-4-3-6-18(21)12-14-24(22)23(25)13-15-28(26,27)20-11-10-17-7-5-8-19(17)16-20/h3-4,6,9-11,16,22H,2,5,7-8,12-15H2,1H3. The van der Waals surface area contributed by atoms with Crippen molar-refractivity contribution in [2.45, 2.75) is 56.4 Å². The molecule has 0 fully saturated rings. The lowest BCUT2D eigenvalue weighted by Gasteiger charge is -2.37. The first-order valence-electron chi connectivity index (χ1n) is 10.2. The van der Waals surface area contributed by atoms with E-state index in [4.69, 9.17) is 0 Å². The summed E-state index contributed by atoms with van der Waals surface area (Å²) in [6, 6.07) is 13.7. The molecule has 0 N–H and O–H groups in total. The van der Waals surface area contributed by atoms with Crippen molar-refractivity contribution in [2.75, 3.05) is 12.3 Å². The third-order valence-electron chi connectivity index (χ3n) is 6.13. The highest BCUT2D eigenvalue weighted by Gasteiger charge is 2.30. The quantitative estimate of drug-likeness (QED) is 0.769.